The van der Waals surface area contributed by atoms with Crippen LogP contribution in [-0.2, 0) is 4.79 Å². The number of halogens is 1. The lowest BCUT2D eigenvalue weighted by Gasteiger charge is -2.11. The summed E-state index contributed by atoms with van der Waals surface area (Å²) in [6.45, 7) is 2.48. The van der Waals surface area contributed by atoms with Crippen LogP contribution in [0.1, 0.15) is 12.5 Å². The maximum Gasteiger partial charge on any atom is 0.266 e. The van der Waals surface area contributed by atoms with Gasteiger partial charge in [0.05, 0.1) is 10.6 Å². The Hall–Kier alpha value is -2.05. The fraction of sp³-hybridized carbons (Fsp3) is 0.111. The number of amidine groups is 1. The molecule has 1 aliphatic heterocycles. The molecule has 0 atom stereocenters. The molecule has 1 amide bonds. The zero-order valence-electron chi connectivity index (χ0n) is 12.9. The highest BCUT2D eigenvalue weighted by Gasteiger charge is 2.32. The van der Waals surface area contributed by atoms with Gasteiger partial charge in [-0.2, -0.15) is 0 Å². The number of aromatic hydroxyl groups is 1. The van der Waals surface area contributed by atoms with Gasteiger partial charge < -0.3 is 5.11 Å². The first-order chi connectivity index (χ1) is 11.6. The zero-order chi connectivity index (χ0) is 17.1. The molecule has 0 aromatic heterocycles. The lowest BCUT2D eigenvalue weighted by molar-refractivity contribution is -0.122. The molecule has 1 saturated heterocycles. The van der Waals surface area contributed by atoms with Gasteiger partial charge >= 0.3 is 0 Å². The zero-order valence-corrected chi connectivity index (χ0v) is 15.3. The topological polar surface area (TPSA) is 52.9 Å². The van der Waals surface area contributed by atoms with E-state index in [-0.39, 0.29) is 11.7 Å². The van der Waals surface area contributed by atoms with Gasteiger partial charge in [-0.1, -0.05) is 28.1 Å². The third-order valence-electron chi connectivity index (χ3n) is 3.43. The number of rotatable bonds is 3. The Balaban J connectivity index is 1.92. The Labute approximate surface area is 153 Å². The number of carbonyl (C=O) groups excluding carboxylic acids is 1. The van der Waals surface area contributed by atoms with E-state index in [1.54, 1.807) is 29.2 Å². The molecule has 2 aromatic rings. The highest BCUT2D eigenvalue weighted by molar-refractivity contribution is 9.10. The van der Waals surface area contributed by atoms with Crippen LogP contribution in [0, 0.1) is 0 Å². The molecule has 0 spiro atoms. The van der Waals surface area contributed by atoms with Gasteiger partial charge in [0.1, 0.15) is 5.75 Å². The number of aliphatic imine (C=N–C) groups is 1. The number of phenolic OH excluding ortho intramolecular Hbond substituents is 1. The SMILES string of the molecule is CCN1C(=O)/C(=C/c2cccc(Br)c2)SC1=Nc1ccc(O)cc1. The van der Waals surface area contributed by atoms with Crippen LogP contribution in [0.5, 0.6) is 5.75 Å². The fourth-order valence-corrected chi connectivity index (χ4v) is 3.73. The summed E-state index contributed by atoms with van der Waals surface area (Å²) in [7, 11) is 0. The van der Waals surface area contributed by atoms with Crippen LogP contribution < -0.4 is 0 Å². The Kier molecular flexibility index (Phi) is 5.06. The van der Waals surface area contributed by atoms with Crippen molar-refractivity contribution in [3.8, 4) is 5.75 Å². The number of hydrogen-bond donors (Lipinski definition) is 1. The molecule has 3 rings (SSSR count). The number of thioether (sulfide) groups is 1. The second-order valence-corrected chi connectivity index (χ2v) is 7.05. The summed E-state index contributed by atoms with van der Waals surface area (Å²) in [6, 6.07) is 14.4. The average molecular weight is 403 g/mol. The third-order valence-corrected chi connectivity index (χ3v) is 4.93. The quantitative estimate of drug-likeness (QED) is 0.751. The van der Waals surface area contributed by atoms with Crippen molar-refractivity contribution in [3.63, 3.8) is 0 Å². The maximum atomic E-state index is 12.6. The minimum atomic E-state index is -0.0417. The van der Waals surface area contributed by atoms with E-state index in [1.807, 2.05) is 37.3 Å². The number of likely N-dealkylation sites (N-methyl/N-ethyl adjacent to an activating group) is 1. The van der Waals surface area contributed by atoms with E-state index in [0.29, 0.717) is 22.3 Å². The Morgan fingerprint density at radius 1 is 1.25 bits per heavy atom. The first-order valence-corrected chi connectivity index (χ1v) is 9.02. The largest absolute Gasteiger partial charge is 0.508 e. The van der Waals surface area contributed by atoms with Crippen molar-refractivity contribution in [1.82, 2.24) is 4.90 Å². The van der Waals surface area contributed by atoms with Gasteiger partial charge in [0.25, 0.3) is 5.91 Å². The number of carbonyl (C=O) groups is 1. The minimum absolute atomic E-state index is 0.0417. The predicted octanol–water partition coefficient (Wildman–Crippen LogP) is 4.78. The summed E-state index contributed by atoms with van der Waals surface area (Å²) in [5.74, 6) is 0.150. The van der Waals surface area contributed by atoms with Crippen LogP contribution in [0.3, 0.4) is 0 Å². The molecule has 0 radical (unpaired) electrons. The molecule has 122 valence electrons. The predicted molar refractivity (Wildman–Crippen MR) is 102 cm³/mol. The van der Waals surface area contributed by atoms with Crippen LogP contribution in [0.4, 0.5) is 5.69 Å². The first kappa shape index (κ1) is 16.8. The average Bonchev–Trinajstić information content (AvgIpc) is 2.84. The van der Waals surface area contributed by atoms with Gasteiger partial charge in [-0.25, -0.2) is 4.99 Å². The molecule has 1 aliphatic rings. The van der Waals surface area contributed by atoms with Gasteiger partial charge in [0.2, 0.25) is 0 Å². The molecule has 6 heteroatoms. The molecule has 24 heavy (non-hydrogen) atoms. The van der Waals surface area contributed by atoms with Crippen molar-refractivity contribution < 1.29 is 9.90 Å². The number of phenols is 1. The molecule has 1 fully saturated rings. The summed E-state index contributed by atoms with van der Waals surface area (Å²) in [5, 5.41) is 10.0. The Morgan fingerprint density at radius 2 is 2.00 bits per heavy atom. The fourth-order valence-electron chi connectivity index (χ4n) is 2.26. The molecular weight excluding hydrogens is 388 g/mol. The van der Waals surface area contributed by atoms with Gasteiger partial charge in [0, 0.05) is 11.0 Å². The standard InChI is InChI=1S/C18H15BrN2O2S/c1-2-21-17(23)16(11-12-4-3-5-13(19)10-12)24-18(21)20-14-6-8-15(22)9-7-14/h3-11,22H,2H2,1H3/b16-11-,20-18?. The van der Waals surface area contributed by atoms with E-state index >= 15 is 0 Å². The number of benzene rings is 2. The summed E-state index contributed by atoms with van der Waals surface area (Å²) in [4.78, 5) is 19.4. The number of amides is 1. The van der Waals surface area contributed by atoms with Crippen LogP contribution in [0.2, 0.25) is 0 Å². The van der Waals surface area contributed by atoms with Gasteiger partial charge in [-0.05, 0) is 66.7 Å². The first-order valence-electron chi connectivity index (χ1n) is 7.41. The molecule has 0 aliphatic carbocycles. The van der Waals surface area contributed by atoms with Crippen LogP contribution in [0.15, 0.2) is 62.9 Å². The van der Waals surface area contributed by atoms with E-state index in [2.05, 4.69) is 20.9 Å². The summed E-state index contributed by atoms with van der Waals surface area (Å²) in [5.41, 5.74) is 1.66. The highest BCUT2D eigenvalue weighted by atomic mass is 79.9. The Morgan fingerprint density at radius 3 is 2.67 bits per heavy atom. The molecule has 0 unspecified atom stereocenters. The molecule has 0 bridgehead atoms. The second-order valence-electron chi connectivity index (χ2n) is 5.13. The van der Waals surface area contributed by atoms with Crippen LogP contribution in [-0.4, -0.2) is 27.6 Å². The van der Waals surface area contributed by atoms with Crippen molar-refractivity contribution in [3.05, 3.63) is 63.5 Å². The van der Waals surface area contributed by atoms with E-state index in [4.69, 9.17) is 0 Å². The number of nitrogens with zero attached hydrogens (tertiary/aromatic N) is 2. The number of hydrogen-bond acceptors (Lipinski definition) is 4. The highest BCUT2D eigenvalue weighted by Crippen LogP contribution is 2.34. The van der Waals surface area contributed by atoms with Crippen molar-refractivity contribution in [2.45, 2.75) is 6.92 Å². The van der Waals surface area contributed by atoms with Crippen LogP contribution in [0.25, 0.3) is 6.08 Å². The van der Waals surface area contributed by atoms with Gasteiger partial charge in [-0.15, -0.1) is 0 Å². The minimum Gasteiger partial charge on any atom is -0.508 e. The summed E-state index contributed by atoms with van der Waals surface area (Å²) >= 11 is 4.80. The Bertz CT molecular complexity index is 831. The van der Waals surface area contributed by atoms with Gasteiger partial charge in [0.15, 0.2) is 5.17 Å². The van der Waals surface area contributed by atoms with E-state index in [0.717, 1.165) is 10.0 Å². The molecule has 0 saturated carbocycles. The summed E-state index contributed by atoms with van der Waals surface area (Å²) in [6.07, 6.45) is 1.87. The van der Waals surface area contributed by atoms with Crippen molar-refractivity contribution in [2.24, 2.45) is 4.99 Å². The molecule has 1 N–H and O–H groups in total. The maximum absolute atomic E-state index is 12.6. The molecule has 2 aromatic carbocycles. The van der Waals surface area contributed by atoms with E-state index in [9.17, 15) is 9.90 Å². The lowest BCUT2D eigenvalue weighted by atomic mass is 10.2. The van der Waals surface area contributed by atoms with Crippen molar-refractivity contribution in [1.29, 1.82) is 0 Å². The van der Waals surface area contributed by atoms with Crippen molar-refractivity contribution in [2.75, 3.05) is 6.54 Å². The normalized spacial score (nSPS) is 17.9. The molecule has 1 heterocycles. The van der Waals surface area contributed by atoms with E-state index in [1.165, 1.54) is 11.8 Å². The molecule has 4 nitrogen and oxygen atoms in total. The monoisotopic (exact) mass is 402 g/mol. The van der Waals surface area contributed by atoms with E-state index < -0.39 is 0 Å². The smallest absolute Gasteiger partial charge is 0.266 e. The molecular formula is C18H15BrN2O2S. The lowest BCUT2D eigenvalue weighted by Crippen LogP contribution is -2.28. The second kappa shape index (κ2) is 7.23. The van der Waals surface area contributed by atoms with Crippen LogP contribution >= 0.6 is 27.7 Å². The van der Waals surface area contributed by atoms with Gasteiger partial charge in [-0.3, -0.25) is 9.69 Å². The third kappa shape index (κ3) is 3.71. The summed E-state index contributed by atoms with van der Waals surface area (Å²) < 4.78 is 0.970. The van der Waals surface area contributed by atoms with Crippen molar-refractivity contribution >= 4 is 50.5 Å².